The van der Waals surface area contributed by atoms with Crippen LogP contribution in [0.15, 0.2) is 28.8 Å². The van der Waals surface area contributed by atoms with Crippen molar-refractivity contribution in [3.63, 3.8) is 0 Å². The van der Waals surface area contributed by atoms with Crippen molar-refractivity contribution in [1.29, 1.82) is 0 Å². The van der Waals surface area contributed by atoms with Crippen molar-refractivity contribution >= 4 is 0 Å². The lowest BCUT2D eigenvalue weighted by Gasteiger charge is -2.16. The van der Waals surface area contributed by atoms with Crippen LogP contribution >= 0.6 is 0 Å². The summed E-state index contributed by atoms with van der Waals surface area (Å²) in [7, 11) is 1.65. The molecule has 0 unspecified atom stereocenters. The normalized spacial score (nSPS) is 14.8. The quantitative estimate of drug-likeness (QED) is 0.810. The fraction of sp³-hybridized carbons (Fsp3) is 0.467. The topological polar surface area (TPSA) is 51.4 Å². The number of aromatic nitrogens is 2. The molecule has 0 aliphatic heterocycles. The highest BCUT2D eigenvalue weighted by Crippen LogP contribution is 2.28. The molecule has 0 N–H and O–H groups in total. The minimum atomic E-state index is 0.634. The molecule has 0 bridgehead atoms. The highest BCUT2D eigenvalue weighted by Gasteiger charge is 2.29. The summed E-state index contributed by atoms with van der Waals surface area (Å²) in [6.45, 7) is 3.92. The van der Waals surface area contributed by atoms with Crippen molar-refractivity contribution in [2.24, 2.45) is 0 Å². The lowest BCUT2D eigenvalue weighted by atomic mass is 10.2. The van der Waals surface area contributed by atoms with Gasteiger partial charge in [0.05, 0.1) is 13.7 Å². The van der Waals surface area contributed by atoms with Crippen LogP contribution in [0.2, 0.25) is 0 Å². The minimum absolute atomic E-state index is 0.634. The second kappa shape index (κ2) is 5.63. The molecule has 5 nitrogen and oxygen atoms in total. The lowest BCUT2D eigenvalue weighted by Crippen LogP contribution is -2.25. The van der Waals surface area contributed by atoms with E-state index < -0.39 is 0 Å². The standard InChI is InChI=1S/C15H19N3O2/c1-3-18(12-6-7-12)10-14-16-15(17-20-14)11-4-8-13(19-2)9-5-11/h4-5,8-9,12H,3,6-7,10H2,1-2H3. The van der Waals surface area contributed by atoms with Crippen LogP contribution in [0.1, 0.15) is 25.7 Å². The van der Waals surface area contributed by atoms with Gasteiger partial charge in [0.1, 0.15) is 5.75 Å². The summed E-state index contributed by atoms with van der Waals surface area (Å²) in [5.74, 6) is 2.14. The molecule has 2 aromatic rings. The highest BCUT2D eigenvalue weighted by atomic mass is 16.5. The van der Waals surface area contributed by atoms with Crippen molar-refractivity contribution in [2.45, 2.75) is 32.4 Å². The Hall–Kier alpha value is -1.88. The van der Waals surface area contributed by atoms with Crippen LogP contribution in [0.3, 0.4) is 0 Å². The monoisotopic (exact) mass is 273 g/mol. The Bertz CT molecular complexity index is 561. The Balaban J connectivity index is 1.71. The number of rotatable bonds is 6. The van der Waals surface area contributed by atoms with Gasteiger partial charge in [-0.25, -0.2) is 0 Å². The Labute approximate surface area is 118 Å². The SMILES string of the molecule is CCN(Cc1nc(-c2ccc(OC)cc2)no1)C1CC1. The molecule has 0 radical (unpaired) electrons. The summed E-state index contributed by atoms with van der Waals surface area (Å²) in [5, 5.41) is 4.06. The van der Waals surface area contributed by atoms with E-state index in [1.165, 1.54) is 12.8 Å². The van der Waals surface area contributed by atoms with Gasteiger partial charge in [-0.3, -0.25) is 4.90 Å². The van der Waals surface area contributed by atoms with Crippen LogP contribution in [-0.4, -0.2) is 34.7 Å². The first-order valence-corrected chi connectivity index (χ1v) is 7.01. The summed E-state index contributed by atoms with van der Waals surface area (Å²) in [6, 6.07) is 8.37. The van der Waals surface area contributed by atoms with Gasteiger partial charge in [-0.2, -0.15) is 4.98 Å². The molecule has 0 spiro atoms. The molecule has 1 heterocycles. The van der Waals surface area contributed by atoms with E-state index in [0.717, 1.165) is 24.4 Å². The third-order valence-electron chi connectivity index (χ3n) is 3.62. The molecule has 0 saturated heterocycles. The van der Waals surface area contributed by atoms with E-state index in [1.54, 1.807) is 7.11 Å². The molecule has 1 aliphatic rings. The van der Waals surface area contributed by atoms with E-state index in [4.69, 9.17) is 9.26 Å². The van der Waals surface area contributed by atoms with Gasteiger partial charge in [0.15, 0.2) is 0 Å². The predicted molar refractivity (Wildman–Crippen MR) is 75.4 cm³/mol. The minimum Gasteiger partial charge on any atom is -0.497 e. The maximum absolute atomic E-state index is 5.35. The number of hydrogen-bond acceptors (Lipinski definition) is 5. The van der Waals surface area contributed by atoms with E-state index in [1.807, 2.05) is 24.3 Å². The van der Waals surface area contributed by atoms with E-state index in [2.05, 4.69) is 22.0 Å². The van der Waals surface area contributed by atoms with E-state index in [0.29, 0.717) is 17.8 Å². The zero-order valence-electron chi connectivity index (χ0n) is 11.9. The number of nitrogens with zero attached hydrogens (tertiary/aromatic N) is 3. The number of ether oxygens (including phenoxy) is 1. The van der Waals surface area contributed by atoms with E-state index in [-0.39, 0.29) is 0 Å². The predicted octanol–water partition coefficient (Wildman–Crippen LogP) is 2.73. The first kappa shape index (κ1) is 13.1. The Morgan fingerprint density at radius 2 is 2.05 bits per heavy atom. The zero-order chi connectivity index (χ0) is 13.9. The molecule has 0 amide bonds. The first-order valence-electron chi connectivity index (χ1n) is 7.01. The fourth-order valence-electron chi connectivity index (χ4n) is 2.29. The second-order valence-corrected chi connectivity index (χ2v) is 5.03. The van der Waals surface area contributed by atoms with Gasteiger partial charge in [0.25, 0.3) is 0 Å². The zero-order valence-corrected chi connectivity index (χ0v) is 11.9. The van der Waals surface area contributed by atoms with Crippen LogP contribution in [0.5, 0.6) is 5.75 Å². The van der Waals surface area contributed by atoms with Gasteiger partial charge in [-0.05, 0) is 43.7 Å². The van der Waals surface area contributed by atoms with Crippen LogP contribution < -0.4 is 4.74 Å². The Kier molecular flexibility index (Phi) is 3.69. The Morgan fingerprint density at radius 3 is 2.65 bits per heavy atom. The maximum atomic E-state index is 5.35. The number of methoxy groups -OCH3 is 1. The number of hydrogen-bond donors (Lipinski definition) is 0. The summed E-state index contributed by atoms with van der Waals surface area (Å²) in [5.41, 5.74) is 0.940. The van der Waals surface area contributed by atoms with E-state index in [9.17, 15) is 0 Å². The van der Waals surface area contributed by atoms with Crippen molar-refractivity contribution in [1.82, 2.24) is 15.0 Å². The molecule has 0 atom stereocenters. The van der Waals surface area contributed by atoms with Gasteiger partial charge >= 0.3 is 0 Å². The van der Waals surface area contributed by atoms with Gasteiger partial charge in [-0.1, -0.05) is 12.1 Å². The lowest BCUT2D eigenvalue weighted by molar-refractivity contribution is 0.227. The molecule has 1 saturated carbocycles. The average Bonchev–Trinajstić information content (AvgIpc) is 3.24. The molecule has 1 aliphatic carbocycles. The highest BCUT2D eigenvalue weighted by molar-refractivity contribution is 5.55. The molecule has 106 valence electrons. The van der Waals surface area contributed by atoms with Crippen LogP contribution in [0.25, 0.3) is 11.4 Å². The van der Waals surface area contributed by atoms with Crippen molar-refractivity contribution in [2.75, 3.05) is 13.7 Å². The van der Waals surface area contributed by atoms with Crippen LogP contribution in [0.4, 0.5) is 0 Å². The van der Waals surface area contributed by atoms with Gasteiger partial charge in [0.2, 0.25) is 11.7 Å². The molecular weight excluding hydrogens is 254 g/mol. The fourth-order valence-corrected chi connectivity index (χ4v) is 2.29. The van der Waals surface area contributed by atoms with Gasteiger partial charge in [-0.15, -0.1) is 0 Å². The summed E-state index contributed by atoms with van der Waals surface area (Å²) in [6.07, 6.45) is 2.57. The van der Waals surface area contributed by atoms with Crippen molar-refractivity contribution in [3.8, 4) is 17.1 Å². The second-order valence-electron chi connectivity index (χ2n) is 5.03. The summed E-state index contributed by atoms with van der Waals surface area (Å²) < 4.78 is 10.5. The van der Waals surface area contributed by atoms with Crippen LogP contribution in [-0.2, 0) is 6.54 Å². The molecule has 1 fully saturated rings. The first-order chi connectivity index (χ1) is 9.80. The van der Waals surface area contributed by atoms with Crippen molar-refractivity contribution < 1.29 is 9.26 Å². The third kappa shape index (κ3) is 2.82. The summed E-state index contributed by atoms with van der Waals surface area (Å²) >= 11 is 0. The van der Waals surface area contributed by atoms with Crippen molar-refractivity contribution in [3.05, 3.63) is 30.2 Å². The molecule has 1 aromatic heterocycles. The smallest absolute Gasteiger partial charge is 0.241 e. The van der Waals surface area contributed by atoms with Crippen LogP contribution in [0, 0.1) is 0 Å². The molecule has 1 aromatic carbocycles. The largest absolute Gasteiger partial charge is 0.497 e. The molecular formula is C15H19N3O2. The molecule has 3 rings (SSSR count). The molecule has 5 heteroatoms. The van der Waals surface area contributed by atoms with Gasteiger partial charge < -0.3 is 9.26 Å². The average molecular weight is 273 g/mol. The maximum Gasteiger partial charge on any atom is 0.241 e. The van der Waals surface area contributed by atoms with E-state index >= 15 is 0 Å². The Morgan fingerprint density at radius 1 is 1.30 bits per heavy atom. The number of benzene rings is 1. The van der Waals surface area contributed by atoms with Gasteiger partial charge in [0, 0.05) is 11.6 Å². The molecule has 20 heavy (non-hydrogen) atoms. The third-order valence-corrected chi connectivity index (χ3v) is 3.62. The summed E-state index contributed by atoms with van der Waals surface area (Å²) in [4.78, 5) is 6.85.